The second-order valence-electron chi connectivity index (χ2n) is 3.83. The molecule has 0 amide bonds. The van der Waals surface area contributed by atoms with Crippen molar-refractivity contribution in [2.24, 2.45) is 0 Å². The van der Waals surface area contributed by atoms with Crippen molar-refractivity contribution in [1.82, 2.24) is 0 Å². The lowest BCUT2D eigenvalue weighted by atomic mass is 10.2. The zero-order chi connectivity index (χ0) is 15.5. The smallest absolute Gasteiger partial charge is 0.344 e. The molecule has 20 heavy (non-hydrogen) atoms. The van der Waals surface area contributed by atoms with Crippen molar-refractivity contribution < 1.29 is 19.1 Å². The largest absolute Gasteiger partial charge is 0.462 e. The van der Waals surface area contributed by atoms with Gasteiger partial charge in [0, 0.05) is 5.69 Å². The predicted octanol–water partition coefficient (Wildman–Crippen LogP) is 2.25. The number of benzene rings is 1. The van der Waals surface area contributed by atoms with Crippen molar-refractivity contribution in [3.05, 3.63) is 42.0 Å². The Bertz CT molecular complexity index is 410. The molecule has 0 fully saturated rings. The number of carbonyl (C=O) groups is 2. The molecule has 0 bridgehead atoms. The highest BCUT2D eigenvalue weighted by atomic mass is 16.6. The van der Waals surface area contributed by atoms with Crippen molar-refractivity contribution in [2.45, 2.75) is 20.8 Å². The van der Waals surface area contributed by atoms with Gasteiger partial charge in [0.25, 0.3) is 0 Å². The zero-order valence-electron chi connectivity index (χ0n) is 12.1. The molecule has 0 aliphatic rings. The summed E-state index contributed by atoms with van der Waals surface area (Å²) in [5.74, 6) is -1.45. The van der Waals surface area contributed by atoms with E-state index in [-0.39, 0.29) is 18.8 Å². The molecular formula is C15H21NO4. The Labute approximate surface area is 119 Å². The van der Waals surface area contributed by atoms with E-state index in [1.54, 1.807) is 13.8 Å². The lowest BCUT2D eigenvalue weighted by Gasteiger charge is -2.03. The maximum atomic E-state index is 10.8. The molecule has 0 radical (unpaired) electrons. The Kier molecular flexibility index (Phi) is 8.50. The summed E-state index contributed by atoms with van der Waals surface area (Å²) in [5.41, 5.74) is 7.24. The number of carbonyl (C=O) groups excluding carboxylic acids is 2. The third-order valence-electron chi connectivity index (χ3n) is 2.12. The summed E-state index contributed by atoms with van der Waals surface area (Å²) in [5, 5.41) is 0. The maximum absolute atomic E-state index is 10.8. The van der Waals surface area contributed by atoms with E-state index in [2.05, 4.69) is 16.1 Å². The van der Waals surface area contributed by atoms with E-state index in [0.29, 0.717) is 0 Å². The van der Waals surface area contributed by atoms with Gasteiger partial charge in [0.05, 0.1) is 13.2 Å². The molecule has 5 heteroatoms. The number of esters is 2. The average Bonchev–Trinajstić information content (AvgIpc) is 2.42. The Morgan fingerprint density at radius 1 is 1.05 bits per heavy atom. The first-order valence-corrected chi connectivity index (χ1v) is 6.27. The van der Waals surface area contributed by atoms with Crippen LogP contribution < -0.4 is 5.73 Å². The molecule has 0 aliphatic heterocycles. The summed E-state index contributed by atoms with van der Waals surface area (Å²) in [6.07, 6.45) is 0. The van der Waals surface area contributed by atoms with Crippen LogP contribution in [0.5, 0.6) is 0 Å². The first kappa shape index (κ1) is 17.7. The van der Waals surface area contributed by atoms with Crippen LogP contribution in [0.3, 0.4) is 0 Å². The highest BCUT2D eigenvalue weighted by molar-refractivity contribution is 6.13. The van der Waals surface area contributed by atoms with Gasteiger partial charge in [0.2, 0.25) is 0 Å². The molecule has 0 spiro atoms. The van der Waals surface area contributed by atoms with Gasteiger partial charge >= 0.3 is 11.9 Å². The predicted molar refractivity (Wildman–Crippen MR) is 78.0 cm³/mol. The minimum atomic E-state index is -0.726. The minimum absolute atomic E-state index is 0.220. The average molecular weight is 279 g/mol. The van der Waals surface area contributed by atoms with Gasteiger partial charge < -0.3 is 15.2 Å². The molecule has 0 heterocycles. The van der Waals surface area contributed by atoms with Crippen LogP contribution in [0.25, 0.3) is 0 Å². The van der Waals surface area contributed by atoms with Gasteiger partial charge in [-0.3, -0.25) is 0 Å². The van der Waals surface area contributed by atoms with Gasteiger partial charge in [-0.2, -0.15) is 0 Å². The number of nitrogens with two attached hydrogens (primary N) is 1. The summed E-state index contributed by atoms with van der Waals surface area (Å²) in [7, 11) is 0. The van der Waals surface area contributed by atoms with E-state index in [0.717, 1.165) is 5.69 Å². The van der Waals surface area contributed by atoms with Crippen molar-refractivity contribution in [2.75, 3.05) is 18.9 Å². The van der Waals surface area contributed by atoms with Crippen molar-refractivity contribution >= 4 is 17.6 Å². The lowest BCUT2D eigenvalue weighted by Crippen LogP contribution is -2.17. The fourth-order valence-corrected chi connectivity index (χ4v) is 1.09. The van der Waals surface area contributed by atoms with Crippen molar-refractivity contribution in [1.29, 1.82) is 0 Å². The standard InChI is InChI=1S/C8H12O4.C7H9N/c1-4-11-7(9)6(3)8(10)12-5-2;1-6-2-4-7(8)5-3-6/h3-5H2,1-2H3;2-5H,8H2,1H3. The zero-order valence-corrected chi connectivity index (χ0v) is 12.1. The fourth-order valence-electron chi connectivity index (χ4n) is 1.09. The Morgan fingerprint density at radius 3 is 1.75 bits per heavy atom. The van der Waals surface area contributed by atoms with Gasteiger partial charge in [0.15, 0.2) is 0 Å². The van der Waals surface area contributed by atoms with Gasteiger partial charge in [-0.05, 0) is 32.9 Å². The third-order valence-corrected chi connectivity index (χ3v) is 2.12. The van der Waals surface area contributed by atoms with Gasteiger partial charge in [0.1, 0.15) is 5.57 Å². The monoisotopic (exact) mass is 279 g/mol. The molecule has 110 valence electrons. The van der Waals surface area contributed by atoms with Gasteiger partial charge in [-0.1, -0.05) is 24.3 Å². The SMILES string of the molecule is C=C(C(=O)OCC)C(=O)OCC.Cc1ccc(N)cc1. The second kappa shape index (κ2) is 9.61. The molecule has 0 unspecified atom stereocenters. The van der Waals surface area contributed by atoms with E-state index in [1.807, 2.05) is 31.2 Å². The molecule has 1 aromatic rings. The molecule has 0 saturated heterocycles. The number of ether oxygens (including phenoxy) is 2. The normalized spacial score (nSPS) is 8.95. The molecule has 5 nitrogen and oxygen atoms in total. The van der Waals surface area contributed by atoms with Crippen molar-refractivity contribution in [3.8, 4) is 0 Å². The van der Waals surface area contributed by atoms with Crippen LogP contribution in [0.2, 0.25) is 0 Å². The van der Waals surface area contributed by atoms with Crippen LogP contribution >= 0.6 is 0 Å². The van der Waals surface area contributed by atoms with Crippen LogP contribution in [-0.4, -0.2) is 25.2 Å². The van der Waals surface area contributed by atoms with Crippen LogP contribution in [0, 0.1) is 6.92 Å². The van der Waals surface area contributed by atoms with Crippen LogP contribution in [-0.2, 0) is 19.1 Å². The van der Waals surface area contributed by atoms with Crippen LogP contribution in [0.4, 0.5) is 5.69 Å². The molecule has 0 atom stereocenters. The molecule has 0 saturated carbocycles. The Balaban J connectivity index is 0.000000388. The highest BCUT2D eigenvalue weighted by Crippen LogP contribution is 2.02. The van der Waals surface area contributed by atoms with E-state index >= 15 is 0 Å². The van der Waals surface area contributed by atoms with Crippen molar-refractivity contribution in [3.63, 3.8) is 0 Å². The number of rotatable bonds is 4. The summed E-state index contributed by atoms with van der Waals surface area (Å²) < 4.78 is 9.06. The Morgan fingerprint density at radius 2 is 1.45 bits per heavy atom. The molecule has 1 rings (SSSR count). The molecule has 0 aromatic heterocycles. The Hall–Kier alpha value is -2.30. The van der Waals surface area contributed by atoms with E-state index in [9.17, 15) is 9.59 Å². The number of nitrogen functional groups attached to an aromatic ring is 1. The first-order chi connectivity index (χ1) is 9.42. The molecule has 0 aliphatic carbocycles. The number of aryl methyl sites for hydroxylation is 1. The first-order valence-electron chi connectivity index (χ1n) is 6.27. The minimum Gasteiger partial charge on any atom is -0.462 e. The van der Waals surface area contributed by atoms with Crippen LogP contribution in [0.15, 0.2) is 36.4 Å². The summed E-state index contributed by atoms with van der Waals surface area (Å²) in [4.78, 5) is 21.7. The number of hydrogen-bond acceptors (Lipinski definition) is 5. The maximum Gasteiger partial charge on any atom is 0.344 e. The van der Waals surface area contributed by atoms with E-state index in [4.69, 9.17) is 5.73 Å². The highest BCUT2D eigenvalue weighted by Gasteiger charge is 2.17. The quantitative estimate of drug-likeness (QED) is 0.301. The number of anilines is 1. The topological polar surface area (TPSA) is 78.6 Å². The molecule has 1 aromatic carbocycles. The van der Waals surface area contributed by atoms with Gasteiger partial charge in [-0.15, -0.1) is 0 Å². The fraction of sp³-hybridized carbons (Fsp3) is 0.333. The lowest BCUT2D eigenvalue weighted by molar-refractivity contribution is -0.146. The molecule has 2 N–H and O–H groups in total. The second-order valence-corrected chi connectivity index (χ2v) is 3.83. The van der Waals surface area contributed by atoms with E-state index < -0.39 is 11.9 Å². The molecular weight excluding hydrogens is 258 g/mol. The van der Waals surface area contributed by atoms with Gasteiger partial charge in [-0.25, -0.2) is 9.59 Å². The third kappa shape index (κ3) is 7.20. The summed E-state index contributed by atoms with van der Waals surface area (Å²) in [6, 6.07) is 7.79. The number of hydrogen-bond donors (Lipinski definition) is 1. The summed E-state index contributed by atoms with van der Waals surface area (Å²) in [6.45, 7) is 9.02. The van der Waals surface area contributed by atoms with Crippen LogP contribution in [0.1, 0.15) is 19.4 Å². The summed E-state index contributed by atoms with van der Waals surface area (Å²) >= 11 is 0. The van der Waals surface area contributed by atoms with E-state index in [1.165, 1.54) is 5.56 Å².